The lowest BCUT2D eigenvalue weighted by atomic mass is 10.2. The number of anilines is 1. The monoisotopic (exact) mass is 390 g/mol. The van der Waals surface area contributed by atoms with Gasteiger partial charge in [0.1, 0.15) is 5.69 Å². The number of halogens is 2. The van der Waals surface area contributed by atoms with E-state index in [-0.39, 0.29) is 11.6 Å². The van der Waals surface area contributed by atoms with Gasteiger partial charge >= 0.3 is 0 Å². The van der Waals surface area contributed by atoms with Gasteiger partial charge in [-0.1, -0.05) is 27.5 Å². The van der Waals surface area contributed by atoms with Crippen molar-refractivity contribution in [2.75, 3.05) is 5.32 Å². The number of aromatic nitrogens is 3. The molecule has 0 unspecified atom stereocenters. The molecular weight excluding hydrogens is 380 g/mol. The van der Waals surface area contributed by atoms with E-state index in [2.05, 4.69) is 31.3 Å². The molecule has 1 amide bonds. The number of carbonyl (C=O) groups is 1. The molecule has 7 heteroatoms. The molecule has 2 heterocycles. The van der Waals surface area contributed by atoms with Gasteiger partial charge in [0.05, 0.1) is 16.4 Å². The molecule has 2 aromatic heterocycles. The molecule has 0 saturated heterocycles. The van der Waals surface area contributed by atoms with Crippen LogP contribution in [0.4, 0.5) is 5.69 Å². The highest BCUT2D eigenvalue weighted by Gasteiger charge is 2.13. The molecule has 23 heavy (non-hydrogen) atoms. The van der Waals surface area contributed by atoms with Crippen LogP contribution in [0.15, 0.2) is 53.4 Å². The standard InChI is InChI=1S/C16H12BrClN4O/c1-10-7-11(17)8-13(18)15(10)21-16(23)14-9-12(3-5-19-14)22-6-2-4-20-22/h2-9H,1H3,(H,21,23). The summed E-state index contributed by atoms with van der Waals surface area (Å²) in [7, 11) is 0. The number of rotatable bonds is 3. The molecule has 0 aliphatic rings. The summed E-state index contributed by atoms with van der Waals surface area (Å²) in [5, 5.41) is 7.42. The Kier molecular flexibility index (Phi) is 4.45. The summed E-state index contributed by atoms with van der Waals surface area (Å²) in [6, 6.07) is 8.88. The van der Waals surface area contributed by atoms with Crippen molar-refractivity contribution in [3.63, 3.8) is 0 Å². The largest absolute Gasteiger partial charge is 0.319 e. The zero-order valence-electron chi connectivity index (χ0n) is 12.1. The molecule has 116 valence electrons. The third kappa shape index (κ3) is 3.43. The fraction of sp³-hybridized carbons (Fsp3) is 0.0625. The van der Waals surface area contributed by atoms with Crippen molar-refractivity contribution in [1.82, 2.24) is 14.8 Å². The molecule has 0 spiro atoms. The summed E-state index contributed by atoms with van der Waals surface area (Å²) in [4.78, 5) is 16.6. The van der Waals surface area contributed by atoms with Crippen molar-refractivity contribution in [1.29, 1.82) is 0 Å². The third-order valence-electron chi connectivity index (χ3n) is 3.24. The van der Waals surface area contributed by atoms with E-state index in [1.807, 2.05) is 19.1 Å². The van der Waals surface area contributed by atoms with Gasteiger partial charge in [0, 0.05) is 23.1 Å². The highest BCUT2D eigenvalue weighted by molar-refractivity contribution is 9.10. The maximum Gasteiger partial charge on any atom is 0.274 e. The predicted molar refractivity (Wildman–Crippen MR) is 93.2 cm³/mol. The lowest BCUT2D eigenvalue weighted by Crippen LogP contribution is -2.15. The van der Waals surface area contributed by atoms with Gasteiger partial charge in [0.2, 0.25) is 0 Å². The number of aryl methyl sites for hydroxylation is 1. The van der Waals surface area contributed by atoms with Crippen LogP contribution in [-0.2, 0) is 0 Å². The summed E-state index contributed by atoms with van der Waals surface area (Å²) >= 11 is 9.57. The van der Waals surface area contributed by atoms with Gasteiger partial charge in [-0.25, -0.2) is 4.68 Å². The third-order valence-corrected chi connectivity index (χ3v) is 3.99. The molecule has 1 aromatic carbocycles. The first-order valence-corrected chi connectivity index (χ1v) is 7.95. The summed E-state index contributed by atoms with van der Waals surface area (Å²) < 4.78 is 2.52. The van der Waals surface area contributed by atoms with Gasteiger partial charge in [-0.3, -0.25) is 9.78 Å². The van der Waals surface area contributed by atoms with Gasteiger partial charge < -0.3 is 5.32 Å². The zero-order valence-corrected chi connectivity index (χ0v) is 14.5. The first-order chi connectivity index (χ1) is 11.0. The number of nitrogens with zero attached hydrogens (tertiary/aromatic N) is 3. The summed E-state index contributed by atoms with van der Waals surface area (Å²) in [6.07, 6.45) is 5.04. The highest BCUT2D eigenvalue weighted by atomic mass is 79.9. The Labute approximate surface area is 146 Å². The molecular formula is C16H12BrClN4O. The Morgan fingerprint density at radius 3 is 2.83 bits per heavy atom. The van der Waals surface area contributed by atoms with E-state index >= 15 is 0 Å². The average molecular weight is 392 g/mol. The van der Waals surface area contributed by atoms with Crippen molar-refractivity contribution < 1.29 is 4.79 Å². The molecule has 3 rings (SSSR count). The van der Waals surface area contributed by atoms with E-state index in [1.54, 1.807) is 41.5 Å². The number of benzene rings is 1. The second-order valence-electron chi connectivity index (χ2n) is 4.88. The average Bonchev–Trinajstić information content (AvgIpc) is 3.05. The molecule has 0 radical (unpaired) electrons. The van der Waals surface area contributed by atoms with E-state index < -0.39 is 0 Å². The summed E-state index contributed by atoms with van der Waals surface area (Å²) in [6.45, 7) is 1.87. The summed E-state index contributed by atoms with van der Waals surface area (Å²) in [5.41, 5.74) is 2.48. The number of carbonyl (C=O) groups excluding carboxylic acids is 1. The van der Waals surface area contributed by atoms with Crippen LogP contribution in [-0.4, -0.2) is 20.7 Å². The van der Waals surface area contributed by atoms with Crippen molar-refractivity contribution in [2.24, 2.45) is 0 Å². The molecule has 0 saturated carbocycles. The van der Waals surface area contributed by atoms with E-state index in [0.717, 1.165) is 15.7 Å². The molecule has 0 bridgehead atoms. The van der Waals surface area contributed by atoms with Gasteiger partial charge in [-0.2, -0.15) is 5.10 Å². The predicted octanol–water partition coefficient (Wildman–Crippen LogP) is 4.24. The molecule has 0 atom stereocenters. The molecule has 5 nitrogen and oxygen atoms in total. The Morgan fingerprint density at radius 2 is 2.13 bits per heavy atom. The normalized spacial score (nSPS) is 10.6. The van der Waals surface area contributed by atoms with E-state index in [1.165, 1.54) is 0 Å². The first-order valence-electron chi connectivity index (χ1n) is 6.77. The van der Waals surface area contributed by atoms with Crippen LogP contribution in [0.1, 0.15) is 16.1 Å². The van der Waals surface area contributed by atoms with Gasteiger partial charge in [-0.05, 0) is 42.8 Å². The fourth-order valence-electron chi connectivity index (χ4n) is 2.15. The van der Waals surface area contributed by atoms with Crippen molar-refractivity contribution in [3.8, 4) is 5.69 Å². The van der Waals surface area contributed by atoms with Crippen LogP contribution < -0.4 is 5.32 Å². The lowest BCUT2D eigenvalue weighted by molar-refractivity contribution is 0.102. The Hall–Kier alpha value is -2.18. The van der Waals surface area contributed by atoms with Crippen LogP contribution in [0.2, 0.25) is 5.02 Å². The van der Waals surface area contributed by atoms with Crippen LogP contribution in [0.3, 0.4) is 0 Å². The maximum atomic E-state index is 12.5. The SMILES string of the molecule is Cc1cc(Br)cc(Cl)c1NC(=O)c1cc(-n2cccn2)ccn1. The number of hydrogen-bond acceptors (Lipinski definition) is 3. The first kappa shape index (κ1) is 15.7. The number of nitrogens with one attached hydrogen (secondary N) is 1. The van der Waals surface area contributed by atoms with Crippen LogP contribution >= 0.6 is 27.5 Å². The van der Waals surface area contributed by atoms with Crippen LogP contribution in [0.5, 0.6) is 0 Å². The lowest BCUT2D eigenvalue weighted by Gasteiger charge is -2.11. The van der Waals surface area contributed by atoms with E-state index in [9.17, 15) is 4.79 Å². The van der Waals surface area contributed by atoms with E-state index in [4.69, 9.17) is 11.6 Å². The van der Waals surface area contributed by atoms with Crippen molar-refractivity contribution in [3.05, 3.63) is 69.7 Å². The zero-order chi connectivity index (χ0) is 16.4. The molecule has 3 aromatic rings. The Bertz CT molecular complexity index is 841. The molecule has 0 aliphatic carbocycles. The fourth-order valence-corrected chi connectivity index (χ4v) is 3.16. The Balaban J connectivity index is 1.89. The minimum Gasteiger partial charge on any atom is -0.319 e. The Morgan fingerprint density at radius 1 is 1.30 bits per heavy atom. The summed E-state index contributed by atoms with van der Waals surface area (Å²) in [5.74, 6) is -0.327. The number of hydrogen-bond donors (Lipinski definition) is 1. The molecule has 1 N–H and O–H groups in total. The molecule has 0 aliphatic heterocycles. The minimum absolute atomic E-state index is 0.288. The van der Waals surface area contributed by atoms with E-state index in [0.29, 0.717) is 10.7 Å². The number of pyridine rings is 1. The second-order valence-corrected chi connectivity index (χ2v) is 6.21. The minimum atomic E-state index is -0.327. The topological polar surface area (TPSA) is 59.8 Å². The highest BCUT2D eigenvalue weighted by Crippen LogP contribution is 2.30. The smallest absolute Gasteiger partial charge is 0.274 e. The van der Waals surface area contributed by atoms with Crippen molar-refractivity contribution in [2.45, 2.75) is 6.92 Å². The van der Waals surface area contributed by atoms with Gasteiger partial charge in [0.25, 0.3) is 5.91 Å². The quantitative estimate of drug-likeness (QED) is 0.726. The number of amides is 1. The van der Waals surface area contributed by atoms with Crippen molar-refractivity contribution >= 4 is 39.1 Å². The van der Waals surface area contributed by atoms with Crippen LogP contribution in [0.25, 0.3) is 5.69 Å². The maximum absolute atomic E-state index is 12.5. The molecule has 0 fully saturated rings. The second kappa shape index (κ2) is 6.52. The van der Waals surface area contributed by atoms with Gasteiger partial charge in [0.15, 0.2) is 0 Å². The van der Waals surface area contributed by atoms with Gasteiger partial charge in [-0.15, -0.1) is 0 Å². The van der Waals surface area contributed by atoms with Crippen LogP contribution in [0, 0.1) is 6.92 Å².